The number of sulfone groups is 1. The molecule has 0 spiro atoms. The van der Waals surface area contributed by atoms with E-state index in [-0.39, 0.29) is 35.1 Å². The molecule has 1 saturated carbocycles. The smallest absolute Gasteiger partial charge is 0.303 e. The largest absolute Gasteiger partial charge is 0.481 e. The molecule has 0 atom stereocenters. The quantitative estimate of drug-likeness (QED) is 0.422. The average molecular weight is 541 g/mol. The summed E-state index contributed by atoms with van der Waals surface area (Å²) in [5, 5.41) is 9.04. The zero-order valence-corrected chi connectivity index (χ0v) is 22.0. The second-order valence-corrected chi connectivity index (χ2v) is 12.4. The highest BCUT2D eigenvalue weighted by atomic mass is 32.2. The Labute approximate surface area is 220 Å². The van der Waals surface area contributed by atoms with E-state index in [2.05, 4.69) is 16.0 Å². The topological polar surface area (TPSA) is 100 Å². The van der Waals surface area contributed by atoms with Gasteiger partial charge in [-0.3, -0.25) is 4.79 Å². The predicted octanol–water partition coefficient (Wildman–Crippen LogP) is 6.76. The van der Waals surface area contributed by atoms with Crippen molar-refractivity contribution < 1.29 is 27.1 Å². The van der Waals surface area contributed by atoms with Gasteiger partial charge in [0.1, 0.15) is 5.82 Å². The Kier molecular flexibility index (Phi) is 7.22. The van der Waals surface area contributed by atoms with Crippen LogP contribution in [-0.4, -0.2) is 35.7 Å². The Morgan fingerprint density at radius 1 is 1.05 bits per heavy atom. The zero-order valence-electron chi connectivity index (χ0n) is 21.1. The number of aromatic amines is 1. The molecular formula is C29H30F2N2O4S. The summed E-state index contributed by atoms with van der Waals surface area (Å²) in [6.07, 6.45) is 14.1. The van der Waals surface area contributed by atoms with Crippen LogP contribution in [0.25, 0.3) is 16.6 Å². The lowest BCUT2D eigenvalue weighted by molar-refractivity contribution is -0.138. The average Bonchev–Trinajstić information content (AvgIpc) is 3.14. The Morgan fingerprint density at radius 2 is 1.76 bits per heavy atom. The van der Waals surface area contributed by atoms with E-state index in [0.29, 0.717) is 40.9 Å². The number of rotatable bonds is 6. The molecule has 0 unspecified atom stereocenters. The van der Waals surface area contributed by atoms with E-state index in [1.165, 1.54) is 17.7 Å². The molecule has 5 rings (SSSR count). The number of imidazole rings is 1. The van der Waals surface area contributed by atoms with Gasteiger partial charge in [-0.15, -0.1) is 0 Å². The lowest BCUT2D eigenvalue weighted by Gasteiger charge is -2.28. The van der Waals surface area contributed by atoms with Gasteiger partial charge in [0.2, 0.25) is 0 Å². The first kappa shape index (κ1) is 26.3. The summed E-state index contributed by atoms with van der Waals surface area (Å²) in [6, 6.07) is 4.45. The van der Waals surface area contributed by atoms with Crippen molar-refractivity contribution in [1.82, 2.24) is 9.97 Å². The molecule has 1 aromatic heterocycles. The molecule has 0 radical (unpaired) electrons. The predicted molar refractivity (Wildman–Crippen MR) is 142 cm³/mol. The van der Waals surface area contributed by atoms with Crippen LogP contribution in [0.5, 0.6) is 0 Å². The van der Waals surface area contributed by atoms with Gasteiger partial charge in [0.15, 0.2) is 21.5 Å². The van der Waals surface area contributed by atoms with Crippen LogP contribution in [0.4, 0.5) is 8.78 Å². The first-order valence-electron chi connectivity index (χ1n) is 12.9. The molecule has 0 saturated heterocycles. The summed E-state index contributed by atoms with van der Waals surface area (Å²) in [4.78, 5) is 18.5. The molecular weight excluding hydrogens is 510 g/mol. The number of aromatic nitrogens is 2. The Balaban J connectivity index is 1.34. The summed E-state index contributed by atoms with van der Waals surface area (Å²) in [5.41, 5.74) is 3.24. The number of carboxylic acid groups (broad SMARTS) is 1. The van der Waals surface area contributed by atoms with Crippen molar-refractivity contribution in [3.8, 4) is 0 Å². The Bertz CT molecular complexity index is 1550. The number of allylic oxidation sites excluding steroid dienone is 10. The number of hydrogen-bond donors (Lipinski definition) is 2. The third-order valence-electron chi connectivity index (χ3n) is 7.79. The maximum absolute atomic E-state index is 15.4. The van der Waals surface area contributed by atoms with Gasteiger partial charge in [0.05, 0.1) is 15.9 Å². The monoisotopic (exact) mass is 540 g/mol. The van der Waals surface area contributed by atoms with Crippen molar-refractivity contribution in [3.63, 3.8) is 0 Å². The number of carbonyl (C=O) groups is 1. The van der Waals surface area contributed by atoms with Gasteiger partial charge in [-0.05, 0) is 91.7 Å². The second kappa shape index (κ2) is 10.4. The lowest BCUT2D eigenvalue weighted by Crippen LogP contribution is -2.18. The van der Waals surface area contributed by atoms with E-state index in [1.807, 2.05) is 18.2 Å². The fourth-order valence-electron chi connectivity index (χ4n) is 5.71. The summed E-state index contributed by atoms with van der Waals surface area (Å²) in [7, 11) is -3.41. The van der Waals surface area contributed by atoms with Crippen LogP contribution >= 0.6 is 0 Å². The summed E-state index contributed by atoms with van der Waals surface area (Å²) in [5.74, 6) is -1.80. The molecule has 0 bridgehead atoms. The number of benzene rings is 1. The molecule has 1 heterocycles. The van der Waals surface area contributed by atoms with Crippen LogP contribution in [0.2, 0.25) is 0 Å². The van der Waals surface area contributed by atoms with Gasteiger partial charge in [0, 0.05) is 18.2 Å². The van der Waals surface area contributed by atoms with Gasteiger partial charge in [-0.1, -0.05) is 24.3 Å². The highest BCUT2D eigenvalue weighted by Gasteiger charge is 2.28. The highest BCUT2D eigenvalue weighted by molar-refractivity contribution is 7.90. The Morgan fingerprint density at radius 3 is 2.47 bits per heavy atom. The molecule has 200 valence electrons. The van der Waals surface area contributed by atoms with Crippen LogP contribution in [0.1, 0.15) is 57.2 Å². The van der Waals surface area contributed by atoms with Gasteiger partial charge >= 0.3 is 5.97 Å². The fourth-order valence-corrected chi connectivity index (χ4v) is 6.35. The van der Waals surface area contributed by atoms with Crippen LogP contribution in [0, 0.1) is 11.8 Å². The van der Waals surface area contributed by atoms with Gasteiger partial charge < -0.3 is 10.1 Å². The molecule has 6 nitrogen and oxygen atoms in total. The van der Waals surface area contributed by atoms with E-state index in [9.17, 15) is 13.2 Å². The Hall–Kier alpha value is -3.33. The van der Waals surface area contributed by atoms with Gasteiger partial charge in [-0.25, -0.2) is 22.2 Å². The fraction of sp³-hybridized carbons (Fsp3) is 0.379. The van der Waals surface area contributed by atoms with E-state index >= 15 is 8.78 Å². The molecule has 3 aliphatic carbocycles. The first-order valence-corrected chi connectivity index (χ1v) is 14.8. The minimum absolute atomic E-state index is 0.125. The van der Waals surface area contributed by atoms with Gasteiger partial charge in [0.25, 0.3) is 0 Å². The van der Waals surface area contributed by atoms with Crippen LogP contribution in [0.3, 0.4) is 0 Å². The summed E-state index contributed by atoms with van der Waals surface area (Å²) >= 11 is 0. The third-order valence-corrected chi connectivity index (χ3v) is 8.90. The maximum atomic E-state index is 15.4. The van der Waals surface area contributed by atoms with Crippen molar-refractivity contribution in [2.75, 3.05) is 6.26 Å². The van der Waals surface area contributed by atoms with Crippen LogP contribution in [-0.2, 0) is 14.6 Å². The van der Waals surface area contributed by atoms with Crippen molar-refractivity contribution in [2.45, 2.75) is 56.3 Å². The molecule has 3 aliphatic rings. The van der Waals surface area contributed by atoms with E-state index in [4.69, 9.17) is 5.11 Å². The van der Waals surface area contributed by atoms with Crippen molar-refractivity contribution in [2.24, 2.45) is 11.8 Å². The number of H-pyrrole nitrogens is 1. The van der Waals surface area contributed by atoms with Crippen LogP contribution < -0.4 is 0 Å². The van der Waals surface area contributed by atoms with Gasteiger partial charge in [-0.2, -0.15) is 0 Å². The molecule has 0 amide bonds. The molecule has 2 aromatic rings. The number of carboxylic acids is 1. The standard InChI is InChI=1S/C29H30F2N2O4S/c1-38(36,37)21-11-14-24-25(16-21)33-29(32-24)23-13-12-22(27(30)28(23)31)20-4-2-3-18(9-10-20)19-7-5-17(6-8-19)15-26(34)35/h3-4,9-11,14,16-17,19H,2,5-8,12-13,15H2,1H3,(H,32,33)(H,34,35). The molecule has 1 fully saturated rings. The maximum Gasteiger partial charge on any atom is 0.303 e. The van der Waals surface area contributed by atoms with Crippen molar-refractivity contribution >= 4 is 32.4 Å². The number of aliphatic carboxylic acids is 1. The molecule has 1 aromatic carbocycles. The van der Waals surface area contributed by atoms with Crippen molar-refractivity contribution in [3.05, 3.63) is 76.7 Å². The molecule has 2 N–H and O–H groups in total. The van der Waals surface area contributed by atoms with E-state index in [0.717, 1.165) is 31.9 Å². The number of nitrogens with one attached hydrogen (secondary N) is 1. The van der Waals surface area contributed by atoms with Crippen molar-refractivity contribution in [1.29, 1.82) is 0 Å². The number of fused-ring (bicyclic) bond motifs is 1. The normalized spacial score (nSPS) is 22.9. The minimum atomic E-state index is -3.41. The molecule has 9 heteroatoms. The molecule has 0 aliphatic heterocycles. The first-order chi connectivity index (χ1) is 18.1. The summed E-state index contributed by atoms with van der Waals surface area (Å²) < 4.78 is 54.4. The summed E-state index contributed by atoms with van der Waals surface area (Å²) in [6.45, 7) is 0. The number of nitrogens with zero attached hydrogens (tertiary/aromatic N) is 1. The SMILES string of the molecule is CS(=O)(=O)c1ccc2nc(C3=C(F)C(F)=C(C4=CCC=C(C5CCC(CC(=O)O)CC5)C=C4)CC3)[nH]c2c1. The minimum Gasteiger partial charge on any atom is -0.481 e. The van der Waals surface area contributed by atoms with E-state index < -0.39 is 27.5 Å². The third kappa shape index (κ3) is 5.43. The van der Waals surface area contributed by atoms with Crippen LogP contribution in [0.15, 0.2) is 75.8 Å². The zero-order chi connectivity index (χ0) is 27.0. The van der Waals surface area contributed by atoms with E-state index in [1.54, 1.807) is 6.07 Å². The highest BCUT2D eigenvalue weighted by Crippen LogP contribution is 2.41. The number of halogens is 2. The lowest BCUT2D eigenvalue weighted by atomic mass is 9.77. The molecule has 38 heavy (non-hydrogen) atoms. The second-order valence-electron chi connectivity index (χ2n) is 10.4. The number of hydrogen-bond acceptors (Lipinski definition) is 4.